The van der Waals surface area contributed by atoms with Crippen molar-refractivity contribution in [1.82, 2.24) is 9.97 Å². The number of rotatable bonds is 2. The Balaban J connectivity index is 2.45. The van der Waals surface area contributed by atoms with Crippen molar-refractivity contribution in [1.29, 1.82) is 0 Å². The van der Waals surface area contributed by atoms with Crippen molar-refractivity contribution < 1.29 is 0 Å². The first-order chi connectivity index (χ1) is 9.27. The summed E-state index contributed by atoms with van der Waals surface area (Å²) in [7, 11) is 0. The molecule has 0 fully saturated rings. The molecule has 0 radical (unpaired) electrons. The van der Waals surface area contributed by atoms with E-state index in [4.69, 9.17) is 35.4 Å². The summed E-state index contributed by atoms with van der Waals surface area (Å²) in [5.41, 5.74) is 1.89. The predicted molar refractivity (Wildman–Crippen MR) is 87.4 cm³/mol. The minimum absolute atomic E-state index is 0.0183. The van der Waals surface area contributed by atoms with Crippen LogP contribution in [0.5, 0.6) is 0 Å². The van der Waals surface area contributed by atoms with Crippen molar-refractivity contribution in [2.24, 2.45) is 0 Å². The SMILES string of the molecule is CC(C)(C)c1cc(=S)nc(Cc2c(Cl)cccc2Cl)[nH]1. The summed E-state index contributed by atoms with van der Waals surface area (Å²) in [6.45, 7) is 6.37. The number of aromatic amines is 1. The molecule has 0 spiro atoms. The summed E-state index contributed by atoms with van der Waals surface area (Å²) >= 11 is 17.6. The van der Waals surface area contributed by atoms with Crippen molar-refractivity contribution >= 4 is 35.4 Å². The smallest absolute Gasteiger partial charge is 0.130 e. The van der Waals surface area contributed by atoms with Gasteiger partial charge in [0.1, 0.15) is 10.5 Å². The van der Waals surface area contributed by atoms with Crippen LogP contribution in [-0.4, -0.2) is 9.97 Å². The van der Waals surface area contributed by atoms with Gasteiger partial charge in [0, 0.05) is 27.6 Å². The standard InChI is InChI=1S/C15H16Cl2N2S/c1-15(2,3)12-8-14(20)19-13(18-12)7-9-10(16)5-4-6-11(9)17/h4-6,8H,7H2,1-3H3,(H,18,19,20). The number of aromatic nitrogens is 2. The zero-order chi connectivity index (χ0) is 14.9. The fourth-order valence-corrected chi connectivity index (χ4v) is 2.62. The molecule has 20 heavy (non-hydrogen) atoms. The highest BCUT2D eigenvalue weighted by Gasteiger charge is 2.16. The van der Waals surface area contributed by atoms with Gasteiger partial charge in [-0.1, -0.05) is 62.3 Å². The Labute approximate surface area is 134 Å². The Hall–Kier alpha value is -0.900. The molecule has 2 aromatic rings. The fraction of sp³-hybridized carbons (Fsp3) is 0.333. The third-order valence-corrected chi connectivity index (χ3v) is 3.92. The summed E-state index contributed by atoms with van der Waals surface area (Å²) in [4.78, 5) is 7.70. The molecular formula is C15H16Cl2N2S. The van der Waals surface area contributed by atoms with Crippen LogP contribution in [0.2, 0.25) is 10.0 Å². The largest absolute Gasteiger partial charge is 0.346 e. The molecule has 2 rings (SSSR count). The average Bonchev–Trinajstić information content (AvgIpc) is 2.32. The Morgan fingerprint density at radius 1 is 1.20 bits per heavy atom. The van der Waals surface area contributed by atoms with Crippen molar-refractivity contribution in [3.8, 4) is 0 Å². The number of nitrogens with zero attached hydrogens (tertiary/aromatic N) is 1. The van der Waals surface area contributed by atoms with Gasteiger partial charge >= 0.3 is 0 Å². The summed E-state index contributed by atoms with van der Waals surface area (Å²) in [5, 5.41) is 1.28. The van der Waals surface area contributed by atoms with E-state index >= 15 is 0 Å². The maximum absolute atomic E-state index is 6.20. The highest BCUT2D eigenvalue weighted by atomic mass is 35.5. The monoisotopic (exact) mass is 326 g/mol. The molecule has 0 aliphatic carbocycles. The zero-order valence-electron chi connectivity index (χ0n) is 11.6. The van der Waals surface area contributed by atoms with Crippen LogP contribution in [0.3, 0.4) is 0 Å². The van der Waals surface area contributed by atoms with E-state index in [-0.39, 0.29) is 5.41 Å². The number of benzene rings is 1. The van der Waals surface area contributed by atoms with E-state index in [1.807, 2.05) is 24.3 Å². The van der Waals surface area contributed by atoms with Crippen LogP contribution in [0.1, 0.15) is 37.9 Å². The minimum Gasteiger partial charge on any atom is -0.346 e. The molecule has 1 heterocycles. The van der Waals surface area contributed by atoms with Gasteiger partial charge in [-0.25, -0.2) is 4.98 Å². The van der Waals surface area contributed by atoms with Gasteiger partial charge in [-0.05, 0) is 23.8 Å². The van der Waals surface area contributed by atoms with Gasteiger partial charge in [0.2, 0.25) is 0 Å². The highest BCUT2D eigenvalue weighted by molar-refractivity contribution is 7.71. The first kappa shape index (κ1) is 15.5. The number of nitrogens with one attached hydrogen (secondary N) is 1. The highest BCUT2D eigenvalue weighted by Crippen LogP contribution is 2.27. The summed E-state index contributed by atoms with van der Waals surface area (Å²) < 4.78 is 0.576. The van der Waals surface area contributed by atoms with Crippen molar-refractivity contribution in [2.45, 2.75) is 32.6 Å². The molecule has 0 saturated heterocycles. The quantitative estimate of drug-likeness (QED) is 0.755. The molecule has 1 aromatic carbocycles. The second-order valence-corrected chi connectivity index (χ2v) is 6.94. The topological polar surface area (TPSA) is 28.7 Å². The summed E-state index contributed by atoms with van der Waals surface area (Å²) in [6, 6.07) is 7.37. The van der Waals surface area contributed by atoms with Gasteiger partial charge in [0.15, 0.2) is 0 Å². The van der Waals surface area contributed by atoms with Crippen LogP contribution in [0.25, 0.3) is 0 Å². The lowest BCUT2D eigenvalue weighted by Crippen LogP contribution is -2.15. The molecule has 106 valence electrons. The van der Waals surface area contributed by atoms with Crippen LogP contribution in [-0.2, 0) is 11.8 Å². The van der Waals surface area contributed by atoms with E-state index in [9.17, 15) is 0 Å². The van der Waals surface area contributed by atoms with Crippen molar-refractivity contribution in [3.63, 3.8) is 0 Å². The second-order valence-electron chi connectivity index (χ2n) is 5.71. The van der Waals surface area contributed by atoms with Crippen LogP contribution in [0.4, 0.5) is 0 Å². The van der Waals surface area contributed by atoms with E-state index < -0.39 is 0 Å². The van der Waals surface area contributed by atoms with E-state index in [1.54, 1.807) is 0 Å². The molecule has 0 atom stereocenters. The first-order valence-corrected chi connectivity index (χ1v) is 7.47. The summed E-state index contributed by atoms with van der Waals surface area (Å²) in [6.07, 6.45) is 0.534. The average molecular weight is 327 g/mol. The molecule has 0 amide bonds. The number of halogens is 2. The maximum atomic E-state index is 6.20. The van der Waals surface area contributed by atoms with Gasteiger partial charge in [-0.3, -0.25) is 0 Å². The molecule has 0 unspecified atom stereocenters. The first-order valence-electron chi connectivity index (χ1n) is 6.31. The minimum atomic E-state index is -0.0183. The molecule has 0 saturated carbocycles. The molecule has 0 aliphatic heterocycles. The van der Waals surface area contributed by atoms with Crippen LogP contribution >= 0.6 is 35.4 Å². The van der Waals surface area contributed by atoms with E-state index in [0.717, 1.165) is 17.1 Å². The Bertz CT molecular complexity index is 667. The Kier molecular flexibility index (Phi) is 4.52. The molecule has 5 heteroatoms. The zero-order valence-corrected chi connectivity index (χ0v) is 14.0. The lowest BCUT2D eigenvalue weighted by Gasteiger charge is -2.19. The summed E-state index contributed by atoms with van der Waals surface area (Å²) in [5.74, 6) is 0.775. The molecule has 1 aromatic heterocycles. The van der Waals surface area contributed by atoms with E-state index in [0.29, 0.717) is 21.1 Å². The lowest BCUT2D eigenvalue weighted by molar-refractivity contribution is 0.562. The van der Waals surface area contributed by atoms with Crippen molar-refractivity contribution in [2.75, 3.05) is 0 Å². The van der Waals surface area contributed by atoms with Crippen molar-refractivity contribution in [3.05, 3.63) is 56.0 Å². The molecular weight excluding hydrogens is 311 g/mol. The lowest BCUT2D eigenvalue weighted by atomic mass is 9.92. The van der Waals surface area contributed by atoms with Crippen LogP contribution in [0, 0.1) is 4.64 Å². The fourth-order valence-electron chi connectivity index (χ4n) is 1.86. The molecule has 0 bridgehead atoms. The van der Waals surface area contributed by atoms with Gasteiger partial charge < -0.3 is 4.98 Å². The van der Waals surface area contributed by atoms with Gasteiger partial charge in [-0.2, -0.15) is 0 Å². The third kappa shape index (κ3) is 3.60. The second kappa shape index (κ2) is 5.84. The van der Waals surface area contributed by atoms with Gasteiger partial charge in [0.25, 0.3) is 0 Å². The van der Waals surface area contributed by atoms with E-state index in [2.05, 4.69) is 30.7 Å². The van der Waals surface area contributed by atoms with Crippen LogP contribution in [0.15, 0.2) is 24.3 Å². The number of hydrogen-bond acceptors (Lipinski definition) is 2. The molecule has 1 N–H and O–H groups in total. The predicted octanol–water partition coefficient (Wildman–Crippen LogP) is 5.33. The normalized spacial score (nSPS) is 11.7. The van der Waals surface area contributed by atoms with Crippen LogP contribution < -0.4 is 0 Å². The van der Waals surface area contributed by atoms with E-state index in [1.165, 1.54) is 0 Å². The maximum Gasteiger partial charge on any atom is 0.130 e. The third-order valence-electron chi connectivity index (χ3n) is 3.01. The molecule has 0 aliphatic rings. The van der Waals surface area contributed by atoms with Gasteiger partial charge in [-0.15, -0.1) is 0 Å². The Morgan fingerprint density at radius 2 is 1.80 bits per heavy atom. The Morgan fingerprint density at radius 3 is 2.35 bits per heavy atom. The number of H-pyrrole nitrogens is 1. The number of hydrogen-bond donors (Lipinski definition) is 1. The van der Waals surface area contributed by atoms with Gasteiger partial charge in [0.05, 0.1) is 0 Å². The molecule has 2 nitrogen and oxygen atoms in total.